The van der Waals surface area contributed by atoms with Gasteiger partial charge < -0.3 is 4.74 Å². The van der Waals surface area contributed by atoms with Gasteiger partial charge in [0.2, 0.25) is 0 Å². The average molecular weight is 219 g/mol. The van der Waals surface area contributed by atoms with Gasteiger partial charge in [0.1, 0.15) is 0 Å². The molecule has 13 heavy (non-hydrogen) atoms. The fraction of sp³-hybridized carbons (Fsp3) is 1.00. The van der Waals surface area contributed by atoms with E-state index in [9.17, 15) is 0 Å². The molecule has 0 saturated carbocycles. The van der Waals surface area contributed by atoms with E-state index >= 15 is 0 Å². The van der Waals surface area contributed by atoms with Crippen LogP contribution in [-0.4, -0.2) is 35.2 Å². The second kappa shape index (κ2) is 5.45. The van der Waals surface area contributed by atoms with Crippen molar-refractivity contribution in [1.82, 2.24) is 5.09 Å². The highest BCUT2D eigenvalue weighted by Gasteiger charge is 2.34. The molecule has 1 aliphatic rings. The quantitative estimate of drug-likeness (QED) is 0.560. The summed E-state index contributed by atoms with van der Waals surface area (Å²) in [5, 5.41) is 3.55. The van der Waals surface area contributed by atoms with Crippen LogP contribution in [-0.2, 0) is 4.74 Å². The molecule has 2 nitrogen and oxygen atoms in total. The van der Waals surface area contributed by atoms with Crippen LogP contribution in [0.4, 0.5) is 0 Å². The Morgan fingerprint density at radius 1 is 1.69 bits per heavy atom. The molecular formula is C9H22NOPSi. The first kappa shape index (κ1) is 11.6. The third kappa shape index (κ3) is 3.02. The van der Waals surface area contributed by atoms with Crippen molar-refractivity contribution < 1.29 is 4.74 Å². The SMILES string of the molecule is CCC(NPC)C1OC(C)CC1[SiH3]. The zero-order valence-electron chi connectivity index (χ0n) is 9.13. The molecule has 0 radical (unpaired) electrons. The lowest BCUT2D eigenvalue weighted by atomic mass is 10.1. The van der Waals surface area contributed by atoms with Gasteiger partial charge in [0.25, 0.3) is 0 Å². The molecule has 5 unspecified atom stereocenters. The molecule has 0 aliphatic carbocycles. The minimum atomic E-state index is 0.489. The van der Waals surface area contributed by atoms with Crippen LogP contribution in [0.2, 0.25) is 5.54 Å². The maximum atomic E-state index is 5.96. The van der Waals surface area contributed by atoms with Gasteiger partial charge in [0.15, 0.2) is 0 Å². The summed E-state index contributed by atoms with van der Waals surface area (Å²) in [5.74, 6) is 0. The molecule has 0 bridgehead atoms. The lowest BCUT2D eigenvalue weighted by molar-refractivity contribution is 0.0368. The van der Waals surface area contributed by atoms with Gasteiger partial charge in [-0.2, -0.15) is 0 Å². The predicted octanol–water partition coefficient (Wildman–Crippen LogP) is 0.909. The first-order chi connectivity index (χ1) is 6.19. The molecule has 1 aliphatic heterocycles. The van der Waals surface area contributed by atoms with Gasteiger partial charge >= 0.3 is 0 Å². The second-order valence-corrected chi connectivity index (χ2v) is 6.31. The number of hydrogen-bond acceptors (Lipinski definition) is 2. The van der Waals surface area contributed by atoms with E-state index in [0.717, 1.165) is 14.3 Å². The molecule has 1 heterocycles. The Morgan fingerprint density at radius 3 is 2.77 bits per heavy atom. The van der Waals surface area contributed by atoms with Crippen LogP contribution in [0.1, 0.15) is 26.7 Å². The van der Waals surface area contributed by atoms with Crippen molar-refractivity contribution in [3.05, 3.63) is 0 Å². The van der Waals surface area contributed by atoms with Crippen LogP contribution in [0.15, 0.2) is 0 Å². The molecule has 1 rings (SSSR count). The highest BCUT2D eigenvalue weighted by Crippen LogP contribution is 2.32. The van der Waals surface area contributed by atoms with E-state index in [2.05, 4.69) is 25.6 Å². The number of nitrogens with one attached hydrogen (secondary N) is 1. The number of hydrogen-bond donors (Lipinski definition) is 1. The number of rotatable bonds is 4. The van der Waals surface area contributed by atoms with Gasteiger partial charge in [0.05, 0.1) is 12.2 Å². The Balaban J connectivity index is 2.48. The zero-order valence-corrected chi connectivity index (χ0v) is 12.1. The second-order valence-electron chi connectivity index (χ2n) is 4.03. The molecule has 0 aromatic rings. The van der Waals surface area contributed by atoms with Crippen molar-refractivity contribution >= 4 is 19.0 Å². The normalized spacial score (nSPS) is 37.6. The van der Waals surface area contributed by atoms with E-state index < -0.39 is 0 Å². The van der Waals surface area contributed by atoms with Crippen molar-refractivity contribution in [1.29, 1.82) is 0 Å². The van der Waals surface area contributed by atoms with Crippen LogP contribution in [0.5, 0.6) is 0 Å². The summed E-state index contributed by atoms with van der Waals surface area (Å²) in [6, 6.07) is 0.593. The summed E-state index contributed by atoms with van der Waals surface area (Å²) >= 11 is 0. The van der Waals surface area contributed by atoms with Crippen LogP contribution < -0.4 is 5.09 Å². The minimum Gasteiger partial charge on any atom is -0.374 e. The highest BCUT2D eigenvalue weighted by molar-refractivity contribution is 7.34. The smallest absolute Gasteiger partial charge is 0.0731 e. The van der Waals surface area contributed by atoms with Crippen LogP contribution in [0.25, 0.3) is 0 Å². The lowest BCUT2D eigenvalue weighted by Gasteiger charge is -2.25. The molecule has 1 N–H and O–H groups in total. The summed E-state index contributed by atoms with van der Waals surface area (Å²) in [6.45, 7) is 6.65. The Bertz CT molecular complexity index is 159. The molecule has 0 spiro atoms. The Kier molecular flexibility index (Phi) is 4.88. The number of ether oxygens (including phenoxy) is 1. The van der Waals surface area contributed by atoms with Crippen molar-refractivity contribution in [2.75, 3.05) is 6.66 Å². The Labute approximate surface area is 86.5 Å². The van der Waals surface area contributed by atoms with Crippen LogP contribution in [0.3, 0.4) is 0 Å². The first-order valence-corrected chi connectivity index (χ1v) is 7.92. The maximum absolute atomic E-state index is 5.96. The monoisotopic (exact) mass is 219 g/mol. The summed E-state index contributed by atoms with van der Waals surface area (Å²) < 4.78 is 5.96. The molecule has 0 aromatic carbocycles. The topological polar surface area (TPSA) is 21.3 Å². The van der Waals surface area contributed by atoms with Crippen LogP contribution >= 0.6 is 8.73 Å². The average Bonchev–Trinajstić information content (AvgIpc) is 2.41. The Morgan fingerprint density at radius 2 is 2.38 bits per heavy atom. The zero-order chi connectivity index (χ0) is 9.84. The van der Waals surface area contributed by atoms with Gasteiger partial charge in [-0.05, 0) is 32.0 Å². The largest absolute Gasteiger partial charge is 0.374 e. The summed E-state index contributed by atoms with van der Waals surface area (Å²) in [7, 11) is 2.11. The molecule has 0 amide bonds. The first-order valence-electron chi connectivity index (χ1n) is 5.26. The van der Waals surface area contributed by atoms with E-state index in [1.807, 2.05) is 0 Å². The van der Waals surface area contributed by atoms with Gasteiger partial charge in [-0.3, -0.25) is 5.09 Å². The van der Waals surface area contributed by atoms with Gasteiger partial charge in [-0.15, -0.1) is 0 Å². The van der Waals surface area contributed by atoms with Crippen molar-refractivity contribution in [2.24, 2.45) is 0 Å². The van der Waals surface area contributed by atoms with Gasteiger partial charge in [0, 0.05) is 16.3 Å². The van der Waals surface area contributed by atoms with E-state index in [1.165, 1.54) is 23.1 Å². The third-order valence-electron chi connectivity index (χ3n) is 2.82. The molecule has 4 heteroatoms. The molecule has 78 valence electrons. The summed E-state index contributed by atoms with van der Waals surface area (Å²) in [4.78, 5) is 0. The lowest BCUT2D eigenvalue weighted by Crippen LogP contribution is -2.37. The standard InChI is InChI=1S/C9H22NOPSi/c1-4-7(10-12-3)9-8(13)5-6(2)11-9/h6-10,12H,4-5H2,1-3,13H3. The molecule has 5 atom stereocenters. The summed E-state index contributed by atoms with van der Waals surface area (Å²) in [5.41, 5.74) is 0.851. The minimum absolute atomic E-state index is 0.489. The van der Waals surface area contributed by atoms with Gasteiger partial charge in [-0.25, -0.2) is 0 Å². The Hall–Kier alpha value is 0.567. The van der Waals surface area contributed by atoms with E-state index in [0.29, 0.717) is 18.2 Å². The van der Waals surface area contributed by atoms with Gasteiger partial charge in [-0.1, -0.05) is 15.7 Å². The maximum Gasteiger partial charge on any atom is 0.0731 e. The van der Waals surface area contributed by atoms with Crippen LogP contribution in [0, 0.1) is 0 Å². The summed E-state index contributed by atoms with van der Waals surface area (Å²) in [6.07, 6.45) is 3.46. The molecule has 1 saturated heterocycles. The van der Waals surface area contributed by atoms with E-state index in [-0.39, 0.29) is 0 Å². The fourth-order valence-corrected chi connectivity index (χ4v) is 4.23. The van der Waals surface area contributed by atoms with E-state index in [4.69, 9.17) is 4.74 Å². The van der Waals surface area contributed by atoms with Crippen molar-refractivity contribution in [3.8, 4) is 0 Å². The molecule has 0 aromatic heterocycles. The molecular weight excluding hydrogens is 197 g/mol. The highest BCUT2D eigenvalue weighted by atomic mass is 31.1. The van der Waals surface area contributed by atoms with Crippen molar-refractivity contribution in [2.45, 2.75) is 50.5 Å². The fourth-order valence-electron chi connectivity index (χ4n) is 2.21. The van der Waals surface area contributed by atoms with Crippen molar-refractivity contribution in [3.63, 3.8) is 0 Å². The third-order valence-corrected chi connectivity index (χ3v) is 4.61. The van der Waals surface area contributed by atoms with E-state index in [1.54, 1.807) is 0 Å². The predicted molar refractivity (Wildman–Crippen MR) is 64.1 cm³/mol. The molecule has 1 fully saturated rings.